The minimum absolute atomic E-state index is 0.153. The Hall–Kier alpha value is -2.31. The van der Waals surface area contributed by atoms with Crippen LogP contribution < -0.4 is 0 Å². The Morgan fingerprint density at radius 3 is 2.93 bits per heavy atom. The zero-order chi connectivity index (χ0) is 19.3. The van der Waals surface area contributed by atoms with E-state index in [1.54, 1.807) is 11.0 Å². The molecule has 0 bridgehead atoms. The Morgan fingerprint density at radius 1 is 1.44 bits per heavy atom. The normalized spacial score (nSPS) is 26.2. The number of aliphatic imine (C=N–C) groups is 1. The van der Waals surface area contributed by atoms with Crippen LogP contribution >= 0.6 is 15.9 Å². The summed E-state index contributed by atoms with van der Waals surface area (Å²) in [4.78, 5) is 6.19. The first kappa shape index (κ1) is 18.1. The number of fused-ring (bicyclic) bond motifs is 3. The third-order valence-electron chi connectivity index (χ3n) is 4.97. The molecule has 0 amide bonds. The molecular formula is C18H13BrF3N3O2. The third-order valence-corrected chi connectivity index (χ3v) is 5.58. The van der Waals surface area contributed by atoms with Crippen LogP contribution in [0.15, 0.2) is 45.2 Å². The summed E-state index contributed by atoms with van der Waals surface area (Å²) in [6, 6.07) is 5.13. The highest BCUT2D eigenvalue weighted by Gasteiger charge is 2.48. The number of aliphatic hydroxyl groups is 1. The van der Waals surface area contributed by atoms with E-state index in [1.165, 1.54) is 18.3 Å². The third kappa shape index (κ3) is 2.84. The molecule has 2 atom stereocenters. The van der Waals surface area contributed by atoms with Crippen LogP contribution in [0.25, 0.3) is 0 Å². The first-order chi connectivity index (χ1) is 12.8. The highest BCUT2D eigenvalue weighted by molar-refractivity contribution is 9.10. The number of aliphatic hydroxyl groups excluding tert-OH is 1. The SMILES string of the molecule is N#CC1=CN2C[C@@]3(CCC(O)c4c3ccc(Br)c4F)N=C2C(OC(F)F)=C1. The van der Waals surface area contributed by atoms with Crippen molar-refractivity contribution in [3.8, 4) is 6.07 Å². The molecule has 0 aromatic heterocycles. The summed E-state index contributed by atoms with van der Waals surface area (Å²) in [6.07, 6.45) is 2.42. The second kappa shape index (κ2) is 6.39. The van der Waals surface area contributed by atoms with E-state index in [0.717, 1.165) is 0 Å². The van der Waals surface area contributed by atoms with Gasteiger partial charge in [-0.15, -0.1) is 0 Å². The Morgan fingerprint density at radius 2 is 2.22 bits per heavy atom. The molecule has 1 aromatic rings. The summed E-state index contributed by atoms with van der Waals surface area (Å²) < 4.78 is 45.0. The number of allylic oxidation sites excluding steroid dienone is 2. The van der Waals surface area contributed by atoms with Crippen molar-refractivity contribution < 1.29 is 23.0 Å². The second-order valence-corrected chi connectivity index (χ2v) is 7.41. The van der Waals surface area contributed by atoms with Crippen molar-refractivity contribution in [2.24, 2.45) is 4.99 Å². The van der Waals surface area contributed by atoms with Crippen molar-refractivity contribution in [3.05, 3.63) is 57.2 Å². The van der Waals surface area contributed by atoms with Crippen molar-refractivity contribution >= 4 is 21.8 Å². The minimum atomic E-state index is -3.07. The highest BCUT2D eigenvalue weighted by Crippen LogP contribution is 2.48. The summed E-state index contributed by atoms with van der Waals surface area (Å²) in [5.74, 6) is -0.594. The number of hydrogen-bond acceptors (Lipinski definition) is 5. The summed E-state index contributed by atoms with van der Waals surface area (Å²) in [5.41, 5.74) is -0.103. The highest BCUT2D eigenvalue weighted by atomic mass is 79.9. The molecule has 5 nitrogen and oxygen atoms in total. The average Bonchev–Trinajstić information content (AvgIpc) is 3.00. The number of nitriles is 1. The van der Waals surface area contributed by atoms with E-state index in [1.807, 2.05) is 6.07 Å². The molecule has 0 saturated carbocycles. The zero-order valence-corrected chi connectivity index (χ0v) is 15.4. The lowest BCUT2D eigenvalue weighted by atomic mass is 9.75. The number of amidine groups is 1. The molecule has 0 saturated heterocycles. The van der Waals surface area contributed by atoms with Crippen LogP contribution in [0.4, 0.5) is 13.2 Å². The molecule has 4 rings (SSSR count). The number of benzene rings is 1. The van der Waals surface area contributed by atoms with Crippen LogP contribution in [-0.2, 0) is 10.3 Å². The molecular weight excluding hydrogens is 427 g/mol. The molecule has 1 unspecified atom stereocenters. The maximum absolute atomic E-state index is 14.6. The van der Waals surface area contributed by atoms with E-state index in [0.29, 0.717) is 12.0 Å². The van der Waals surface area contributed by atoms with E-state index >= 15 is 0 Å². The lowest BCUT2D eigenvalue weighted by Gasteiger charge is -2.36. The average molecular weight is 440 g/mol. The van der Waals surface area contributed by atoms with Crippen LogP contribution in [0.3, 0.4) is 0 Å². The lowest BCUT2D eigenvalue weighted by molar-refractivity contribution is -0.0906. The van der Waals surface area contributed by atoms with Gasteiger partial charge in [-0.05, 0) is 40.4 Å². The predicted molar refractivity (Wildman–Crippen MR) is 93.0 cm³/mol. The molecule has 27 heavy (non-hydrogen) atoms. The summed E-state index contributed by atoms with van der Waals surface area (Å²) in [6.45, 7) is -2.83. The number of hydrogen-bond donors (Lipinski definition) is 1. The van der Waals surface area contributed by atoms with Crippen LogP contribution in [-0.4, -0.2) is 29.0 Å². The molecule has 1 N–H and O–H groups in total. The monoisotopic (exact) mass is 439 g/mol. The molecule has 0 fully saturated rings. The van der Waals surface area contributed by atoms with E-state index in [9.17, 15) is 18.3 Å². The van der Waals surface area contributed by atoms with Gasteiger partial charge in [0.2, 0.25) is 0 Å². The van der Waals surface area contributed by atoms with Gasteiger partial charge in [0.05, 0.1) is 22.7 Å². The van der Waals surface area contributed by atoms with Crippen molar-refractivity contribution in [2.45, 2.75) is 31.1 Å². The molecule has 2 heterocycles. The fourth-order valence-corrected chi connectivity index (χ4v) is 4.20. The molecule has 1 spiro atoms. The Labute approximate surface area is 161 Å². The first-order valence-electron chi connectivity index (χ1n) is 8.16. The second-order valence-electron chi connectivity index (χ2n) is 6.56. The molecule has 2 aliphatic heterocycles. The van der Waals surface area contributed by atoms with Gasteiger partial charge >= 0.3 is 6.61 Å². The fraction of sp³-hybridized carbons (Fsp3) is 0.333. The number of rotatable bonds is 2. The maximum Gasteiger partial charge on any atom is 0.387 e. The van der Waals surface area contributed by atoms with E-state index in [2.05, 4.69) is 25.7 Å². The van der Waals surface area contributed by atoms with E-state index in [-0.39, 0.29) is 40.2 Å². The molecule has 1 aliphatic carbocycles. The number of halogens is 4. The Bertz CT molecular complexity index is 954. The van der Waals surface area contributed by atoms with Crippen molar-refractivity contribution in [2.75, 3.05) is 6.54 Å². The Kier molecular flexibility index (Phi) is 4.28. The molecule has 9 heteroatoms. The zero-order valence-electron chi connectivity index (χ0n) is 13.8. The smallest absolute Gasteiger partial charge is 0.387 e. The number of alkyl halides is 2. The molecule has 0 radical (unpaired) electrons. The lowest BCUT2D eigenvalue weighted by Crippen LogP contribution is -2.37. The molecule has 1 aromatic carbocycles. The van der Waals surface area contributed by atoms with Gasteiger partial charge < -0.3 is 14.7 Å². The van der Waals surface area contributed by atoms with Crippen molar-refractivity contribution in [3.63, 3.8) is 0 Å². The standard InChI is InChI=1S/C18H13BrF3N3O2/c19-11-2-1-10-14(15(11)20)12(26)3-4-18(10)8-25-7-9(6-23)5-13(16(25)24-18)27-17(21)22/h1-2,5,7,12,17,26H,3-4,8H2/t12?,18-/m1/s1. The van der Waals surface area contributed by atoms with Gasteiger partial charge in [0.15, 0.2) is 11.6 Å². The fourth-order valence-electron chi connectivity index (χ4n) is 3.85. The quantitative estimate of drug-likeness (QED) is 0.759. The largest absolute Gasteiger partial charge is 0.431 e. The van der Waals surface area contributed by atoms with Crippen LogP contribution in [0.2, 0.25) is 0 Å². The van der Waals surface area contributed by atoms with Gasteiger partial charge in [0, 0.05) is 17.8 Å². The van der Waals surface area contributed by atoms with Gasteiger partial charge in [-0.25, -0.2) is 4.39 Å². The summed E-state index contributed by atoms with van der Waals surface area (Å²) in [5, 5.41) is 19.5. The first-order valence-corrected chi connectivity index (χ1v) is 8.96. The molecule has 3 aliphatic rings. The van der Waals surface area contributed by atoms with E-state index in [4.69, 9.17) is 5.26 Å². The van der Waals surface area contributed by atoms with Crippen LogP contribution in [0, 0.1) is 17.1 Å². The minimum Gasteiger partial charge on any atom is -0.431 e. The van der Waals surface area contributed by atoms with E-state index < -0.39 is 24.1 Å². The maximum atomic E-state index is 14.6. The van der Waals surface area contributed by atoms with Crippen LogP contribution in [0.1, 0.15) is 30.1 Å². The molecule has 140 valence electrons. The topological polar surface area (TPSA) is 68.9 Å². The van der Waals surface area contributed by atoms with Crippen molar-refractivity contribution in [1.29, 1.82) is 5.26 Å². The van der Waals surface area contributed by atoms with Crippen LogP contribution in [0.5, 0.6) is 0 Å². The van der Waals surface area contributed by atoms with Gasteiger partial charge in [-0.1, -0.05) is 6.07 Å². The van der Waals surface area contributed by atoms with Gasteiger partial charge in [-0.3, -0.25) is 4.99 Å². The number of ether oxygens (including phenoxy) is 1. The van der Waals surface area contributed by atoms with Gasteiger partial charge in [0.25, 0.3) is 0 Å². The van der Waals surface area contributed by atoms with Gasteiger partial charge in [0.1, 0.15) is 17.4 Å². The summed E-state index contributed by atoms with van der Waals surface area (Å²) >= 11 is 3.12. The predicted octanol–water partition coefficient (Wildman–Crippen LogP) is 3.87. The summed E-state index contributed by atoms with van der Waals surface area (Å²) in [7, 11) is 0. The van der Waals surface area contributed by atoms with Crippen molar-refractivity contribution in [1.82, 2.24) is 4.90 Å². The Balaban J connectivity index is 1.85. The van der Waals surface area contributed by atoms with Gasteiger partial charge in [-0.2, -0.15) is 14.0 Å². The number of nitrogens with zero attached hydrogens (tertiary/aromatic N) is 3.